The smallest absolute Gasteiger partial charge is 0.205 e. The van der Waals surface area contributed by atoms with Crippen molar-refractivity contribution < 1.29 is 4.79 Å². The van der Waals surface area contributed by atoms with E-state index in [1.165, 1.54) is 6.08 Å². The third-order valence-electron chi connectivity index (χ3n) is 1.93. The molecule has 0 aliphatic carbocycles. The lowest BCUT2D eigenvalue weighted by Gasteiger charge is -2.01. The molecule has 0 bridgehead atoms. The molecule has 0 spiro atoms. The Morgan fingerprint density at radius 1 is 1.53 bits per heavy atom. The van der Waals surface area contributed by atoms with Gasteiger partial charge in [-0.2, -0.15) is 0 Å². The summed E-state index contributed by atoms with van der Waals surface area (Å²) >= 11 is 0. The molecule has 0 saturated heterocycles. The van der Waals surface area contributed by atoms with E-state index in [-0.39, 0.29) is 5.78 Å². The number of aromatic nitrogens is 2. The van der Waals surface area contributed by atoms with Gasteiger partial charge in [-0.25, -0.2) is 4.98 Å². The van der Waals surface area contributed by atoms with Crippen LogP contribution in [0.5, 0.6) is 0 Å². The molecule has 4 heteroatoms. The van der Waals surface area contributed by atoms with E-state index < -0.39 is 0 Å². The first-order valence-corrected chi connectivity index (χ1v) is 4.94. The summed E-state index contributed by atoms with van der Waals surface area (Å²) in [5, 5.41) is 0. The van der Waals surface area contributed by atoms with Crippen LogP contribution in [0.2, 0.25) is 0 Å². The maximum Gasteiger partial charge on any atom is 0.205 e. The van der Waals surface area contributed by atoms with Crippen LogP contribution < -0.4 is 0 Å². The maximum absolute atomic E-state index is 11.6. The van der Waals surface area contributed by atoms with Gasteiger partial charge in [-0.1, -0.05) is 13.8 Å². The Labute approximate surface area is 90.0 Å². The summed E-state index contributed by atoms with van der Waals surface area (Å²) in [6.07, 6.45) is 4.83. The zero-order chi connectivity index (χ0) is 11.4. The topological polar surface area (TPSA) is 49.0 Å². The first-order valence-electron chi connectivity index (χ1n) is 4.94. The molecule has 0 atom stereocenters. The first kappa shape index (κ1) is 11.5. The number of allylic oxidation sites excluding steroid dienone is 1. The lowest BCUT2D eigenvalue weighted by molar-refractivity contribution is 0.104. The molecule has 1 aromatic rings. The average molecular weight is 207 g/mol. The fraction of sp³-hybridized carbons (Fsp3) is 0.455. The molecule has 4 nitrogen and oxygen atoms in total. The van der Waals surface area contributed by atoms with Crippen LogP contribution in [0.1, 0.15) is 36.1 Å². The zero-order valence-electron chi connectivity index (χ0n) is 9.61. The number of nitrogens with zero attached hydrogens (tertiary/aromatic N) is 2. The Hall–Kier alpha value is -1.58. The van der Waals surface area contributed by atoms with Crippen molar-refractivity contribution in [3.63, 3.8) is 0 Å². The highest BCUT2D eigenvalue weighted by atomic mass is 16.1. The molecule has 0 radical (unpaired) electrons. The third kappa shape index (κ3) is 3.23. The summed E-state index contributed by atoms with van der Waals surface area (Å²) in [4.78, 5) is 20.6. The Kier molecular flexibility index (Phi) is 3.66. The summed E-state index contributed by atoms with van der Waals surface area (Å²) < 4.78 is 0. The van der Waals surface area contributed by atoms with E-state index in [9.17, 15) is 4.79 Å². The van der Waals surface area contributed by atoms with Crippen LogP contribution in [0.3, 0.4) is 0 Å². The largest absolute Gasteiger partial charge is 0.383 e. The molecule has 82 valence electrons. The summed E-state index contributed by atoms with van der Waals surface area (Å²) in [5.74, 6) is 1.10. The van der Waals surface area contributed by atoms with Crippen molar-refractivity contribution >= 4 is 5.78 Å². The molecule has 0 aromatic carbocycles. The van der Waals surface area contributed by atoms with E-state index in [1.807, 2.05) is 32.8 Å². The Morgan fingerprint density at radius 3 is 2.67 bits per heavy atom. The quantitative estimate of drug-likeness (QED) is 0.605. The van der Waals surface area contributed by atoms with Crippen LogP contribution in [-0.2, 0) is 0 Å². The van der Waals surface area contributed by atoms with Gasteiger partial charge in [-0.05, 0) is 0 Å². The minimum atomic E-state index is -0.0527. The van der Waals surface area contributed by atoms with E-state index in [0.29, 0.717) is 11.6 Å². The number of imidazole rings is 1. The molecule has 0 fully saturated rings. The van der Waals surface area contributed by atoms with Crippen LogP contribution >= 0.6 is 0 Å². The van der Waals surface area contributed by atoms with Gasteiger partial charge < -0.3 is 9.88 Å². The number of H-pyrrole nitrogens is 1. The number of aromatic amines is 1. The van der Waals surface area contributed by atoms with Gasteiger partial charge in [0, 0.05) is 32.3 Å². The molecular weight excluding hydrogens is 190 g/mol. The number of carbonyl (C=O) groups is 1. The molecule has 0 aliphatic rings. The second kappa shape index (κ2) is 4.77. The zero-order valence-corrected chi connectivity index (χ0v) is 9.61. The van der Waals surface area contributed by atoms with Gasteiger partial charge in [0.2, 0.25) is 5.78 Å². The molecule has 0 aliphatic heterocycles. The molecule has 15 heavy (non-hydrogen) atoms. The lowest BCUT2D eigenvalue weighted by atomic mass is 10.2. The second-order valence-corrected chi connectivity index (χ2v) is 3.98. The number of hydrogen-bond donors (Lipinski definition) is 1. The van der Waals surface area contributed by atoms with Crippen molar-refractivity contribution in [1.29, 1.82) is 0 Å². The molecule has 1 heterocycles. The molecule has 1 N–H and O–H groups in total. The Balaban J connectivity index is 2.75. The highest BCUT2D eigenvalue weighted by molar-refractivity contribution is 6.02. The van der Waals surface area contributed by atoms with Crippen LogP contribution in [0.25, 0.3) is 0 Å². The summed E-state index contributed by atoms with van der Waals surface area (Å²) in [5.41, 5.74) is 0.539. The maximum atomic E-state index is 11.6. The fourth-order valence-corrected chi connectivity index (χ4v) is 1.06. The first-order chi connectivity index (χ1) is 7.00. The van der Waals surface area contributed by atoms with E-state index in [0.717, 1.165) is 5.82 Å². The Morgan fingerprint density at radius 2 is 2.20 bits per heavy atom. The van der Waals surface area contributed by atoms with E-state index in [1.54, 1.807) is 12.4 Å². The van der Waals surface area contributed by atoms with Gasteiger partial charge in [-0.3, -0.25) is 4.79 Å². The van der Waals surface area contributed by atoms with E-state index in [4.69, 9.17) is 0 Å². The number of carbonyl (C=O) groups excluding carboxylic acids is 1. The van der Waals surface area contributed by atoms with Gasteiger partial charge in [-0.15, -0.1) is 0 Å². The monoisotopic (exact) mass is 207 g/mol. The minimum absolute atomic E-state index is 0.0527. The van der Waals surface area contributed by atoms with Crippen LogP contribution in [0.4, 0.5) is 0 Å². The Bertz CT molecular complexity index is 364. The van der Waals surface area contributed by atoms with Crippen molar-refractivity contribution in [3.05, 3.63) is 30.0 Å². The molecule has 1 aromatic heterocycles. The number of ketones is 1. The van der Waals surface area contributed by atoms with Crippen molar-refractivity contribution in [1.82, 2.24) is 14.9 Å². The van der Waals surface area contributed by atoms with Crippen molar-refractivity contribution in [3.8, 4) is 0 Å². The number of rotatable bonds is 4. The number of nitrogens with one attached hydrogen (secondary N) is 1. The van der Waals surface area contributed by atoms with Gasteiger partial charge >= 0.3 is 0 Å². The van der Waals surface area contributed by atoms with Gasteiger partial charge in [0.1, 0.15) is 11.5 Å². The van der Waals surface area contributed by atoms with E-state index >= 15 is 0 Å². The van der Waals surface area contributed by atoms with Crippen molar-refractivity contribution in [2.45, 2.75) is 19.8 Å². The van der Waals surface area contributed by atoms with Crippen LogP contribution in [-0.4, -0.2) is 34.7 Å². The predicted molar refractivity (Wildman–Crippen MR) is 59.8 cm³/mol. The minimum Gasteiger partial charge on any atom is -0.383 e. The van der Waals surface area contributed by atoms with Gasteiger partial charge in [0.05, 0.1) is 6.20 Å². The van der Waals surface area contributed by atoms with Crippen LogP contribution in [0, 0.1) is 0 Å². The summed E-state index contributed by atoms with van der Waals surface area (Å²) in [6, 6.07) is 0. The van der Waals surface area contributed by atoms with Crippen molar-refractivity contribution in [2.24, 2.45) is 0 Å². The fourth-order valence-electron chi connectivity index (χ4n) is 1.06. The van der Waals surface area contributed by atoms with Crippen LogP contribution in [0.15, 0.2) is 18.5 Å². The normalized spacial score (nSPS) is 11.3. The van der Waals surface area contributed by atoms with E-state index in [2.05, 4.69) is 9.97 Å². The molecule has 1 rings (SSSR count). The predicted octanol–water partition coefficient (Wildman–Crippen LogP) is 1.79. The average Bonchev–Trinajstić information content (AvgIpc) is 2.62. The SMILES string of the molecule is CC(C)c1ncc(C(=O)C=CN(C)C)[nH]1. The lowest BCUT2D eigenvalue weighted by Crippen LogP contribution is -2.03. The summed E-state index contributed by atoms with van der Waals surface area (Å²) in [6.45, 7) is 4.06. The molecular formula is C11H17N3O. The van der Waals surface area contributed by atoms with Gasteiger partial charge in [0.15, 0.2) is 0 Å². The van der Waals surface area contributed by atoms with Gasteiger partial charge in [0.25, 0.3) is 0 Å². The standard InChI is InChI=1S/C11H17N3O/c1-8(2)11-12-7-9(13-11)10(15)5-6-14(3)4/h5-8H,1-4H3,(H,12,13). The molecule has 0 saturated carbocycles. The second-order valence-electron chi connectivity index (χ2n) is 3.98. The molecule has 0 amide bonds. The highest BCUT2D eigenvalue weighted by Crippen LogP contribution is 2.10. The van der Waals surface area contributed by atoms with Crippen molar-refractivity contribution in [2.75, 3.05) is 14.1 Å². The molecule has 0 unspecified atom stereocenters. The summed E-state index contributed by atoms with van der Waals surface area (Å²) in [7, 11) is 3.74. The number of hydrogen-bond acceptors (Lipinski definition) is 3. The third-order valence-corrected chi connectivity index (χ3v) is 1.93. The highest BCUT2D eigenvalue weighted by Gasteiger charge is 2.08.